The first-order chi connectivity index (χ1) is 29.5. The normalized spacial score (nSPS) is 22.7. The lowest BCUT2D eigenvalue weighted by molar-refractivity contribution is -0.220. The summed E-state index contributed by atoms with van der Waals surface area (Å²) in [6, 6.07) is 0. The fourth-order valence-corrected chi connectivity index (χ4v) is 7.76. The minimum Gasteiger partial charge on any atom is -0.457 e. The summed E-state index contributed by atoms with van der Waals surface area (Å²) in [5.41, 5.74) is 0. The third kappa shape index (κ3) is 30.7. The Balaban J connectivity index is 2.40. The molecule has 0 heterocycles. The van der Waals surface area contributed by atoms with E-state index in [9.17, 15) is 39.8 Å². The number of rotatable bonds is 39. The average molecular weight is 885 g/mol. The summed E-state index contributed by atoms with van der Waals surface area (Å²) in [6.45, 7) is 4.14. The lowest BCUT2D eigenvalue weighted by Crippen LogP contribution is -2.64. The topological polar surface area (TPSA) is 192 Å². The van der Waals surface area contributed by atoms with Crippen LogP contribution in [-0.2, 0) is 27.9 Å². The van der Waals surface area contributed by atoms with Crippen molar-refractivity contribution in [2.24, 2.45) is 0 Å². The van der Waals surface area contributed by atoms with Gasteiger partial charge in [-0.15, -0.1) is 0 Å². The smallest absolute Gasteiger partial charge is 0.457 e. The van der Waals surface area contributed by atoms with Crippen molar-refractivity contribution < 1.29 is 58.3 Å². The number of aliphatic hydroxyl groups is 5. The quantitative estimate of drug-likeness (QED) is 0.0148. The van der Waals surface area contributed by atoms with Gasteiger partial charge in [0.05, 0.1) is 13.2 Å². The highest BCUT2D eigenvalue weighted by atomic mass is 31.2. The lowest BCUT2D eigenvalue weighted by Gasteiger charge is -2.41. The van der Waals surface area contributed by atoms with Crippen LogP contribution in [0.4, 0.5) is 0 Å². The molecule has 1 fully saturated rings. The number of hydrogen-bond donors (Lipinski definition) is 6. The number of aliphatic hydroxyl groups excluding tert-OH is 5. The first kappa shape index (κ1) is 57.1. The van der Waals surface area contributed by atoms with Gasteiger partial charge in [0.25, 0.3) is 0 Å². The Morgan fingerprint density at radius 1 is 0.525 bits per heavy atom. The van der Waals surface area contributed by atoms with E-state index in [0.717, 1.165) is 89.9 Å². The van der Waals surface area contributed by atoms with Crippen molar-refractivity contribution in [2.45, 2.75) is 217 Å². The molecule has 0 aromatic carbocycles. The Labute approximate surface area is 368 Å². The minimum absolute atomic E-state index is 0.0917. The molecule has 1 aliphatic carbocycles. The first-order valence-electron chi connectivity index (χ1n) is 23.6. The number of carbonyl (C=O) groups excluding carboxylic acids is 1. The van der Waals surface area contributed by atoms with Gasteiger partial charge in [-0.25, -0.2) is 4.57 Å². The van der Waals surface area contributed by atoms with Gasteiger partial charge in [-0.1, -0.05) is 152 Å². The summed E-state index contributed by atoms with van der Waals surface area (Å²) in [5, 5.41) is 50.2. The van der Waals surface area contributed by atoms with E-state index >= 15 is 0 Å². The molecule has 1 rings (SSSR count). The van der Waals surface area contributed by atoms with Gasteiger partial charge in [-0.05, 0) is 77.0 Å². The maximum absolute atomic E-state index is 12.8. The number of unbranched alkanes of at least 4 members (excludes halogenated alkanes) is 17. The Bertz CT molecular complexity index is 1240. The highest BCUT2D eigenvalue weighted by Gasteiger charge is 2.51. The van der Waals surface area contributed by atoms with E-state index in [2.05, 4.69) is 74.6 Å². The molecule has 0 aromatic rings. The number of allylic oxidation sites excluding steroid dienone is 10. The number of esters is 1. The van der Waals surface area contributed by atoms with Gasteiger partial charge in [-0.2, -0.15) is 0 Å². The van der Waals surface area contributed by atoms with Crippen LogP contribution in [0.5, 0.6) is 0 Å². The molecule has 0 amide bonds. The van der Waals surface area contributed by atoms with Crippen LogP contribution >= 0.6 is 7.82 Å². The maximum Gasteiger partial charge on any atom is 0.472 e. The van der Waals surface area contributed by atoms with Crippen molar-refractivity contribution in [1.29, 1.82) is 0 Å². The summed E-state index contributed by atoms with van der Waals surface area (Å²) in [7, 11) is -5.03. The van der Waals surface area contributed by atoms with E-state index in [1.54, 1.807) is 0 Å². The molecule has 0 radical (unpaired) electrons. The van der Waals surface area contributed by atoms with Crippen molar-refractivity contribution in [3.05, 3.63) is 60.8 Å². The van der Waals surface area contributed by atoms with Crippen molar-refractivity contribution in [3.8, 4) is 0 Å². The van der Waals surface area contributed by atoms with E-state index in [0.29, 0.717) is 13.0 Å². The molecule has 354 valence electrons. The predicted molar refractivity (Wildman–Crippen MR) is 244 cm³/mol. The molecule has 0 aliphatic heterocycles. The van der Waals surface area contributed by atoms with Crippen LogP contribution in [0.3, 0.4) is 0 Å². The molecule has 12 nitrogen and oxygen atoms in total. The Morgan fingerprint density at radius 3 is 1.44 bits per heavy atom. The van der Waals surface area contributed by atoms with Gasteiger partial charge in [0, 0.05) is 13.0 Å². The Kier molecular flexibility index (Phi) is 36.0. The van der Waals surface area contributed by atoms with E-state index in [1.165, 1.54) is 57.8 Å². The zero-order valence-electron chi connectivity index (χ0n) is 37.7. The van der Waals surface area contributed by atoms with E-state index in [4.69, 9.17) is 18.5 Å². The predicted octanol–water partition coefficient (Wildman–Crippen LogP) is 9.81. The van der Waals surface area contributed by atoms with Gasteiger partial charge in [0.2, 0.25) is 0 Å². The van der Waals surface area contributed by atoms with Gasteiger partial charge >= 0.3 is 13.8 Å². The largest absolute Gasteiger partial charge is 0.472 e. The maximum atomic E-state index is 12.8. The van der Waals surface area contributed by atoms with E-state index in [1.807, 2.05) is 0 Å². The van der Waals surface area contributed by atoms with Gasteiger partial charge < -0.3 is 39.9 Å². The molecule has 0 aromatic heterocycles. The van der Waals surface area contributed by atoms with E-state index < -0.39 is 63.1 Å². The summed E-state index contributed by atoms with van der Waals surface area (Å²) < 4.78 is 34.2. The van der Waals surface area contributed by atoms with E-state index in [-0.39, 0.29) is 13.0 Å². The van der Waals surface area contributed by atoms with Crippen LogP contribution in [0, 0.1) is 0 Å². The van der Waals surface area contributed by atoms with Crippen LogP contribution in [0.1, 0.15) is 174 Å². The molecule has 1 saturated carbocycles. The van der Waals surface area contributed by atoms with Crippen molar-refractivity contribution in [2.75, 3.05) is 19.8 Å². The number of phosphoric acid groups is 1. The summed E-state index contributed by atoms with van der Waals surface area (Å²) >= 11 is 0. The monoisotopic (exact) mass is 885 g/mol. The molecule has 0 saturated heterocycles. The van der Waals surface area contributed by atoms with Crippen molar-refractivity contribution in [1.82, 2.24) is 0 Å². The summed E-state index contributed by atoms with van der Waals surface area (Å²) in [4.78, 5) is 23.1. The van der Waals surface area contributed by atoms with Crippen LogP contribution in [0.25, 0.3) is 0 Å². The second-order valence-corrected chi connectivity index (χ2v) is 17.7. The fraction of sp³-hybridized carbons (Fsp3) is 0.771. The summed E-state index contributed by atoms with van der Waals surface area (Å²) in [5.74, 6) is -0.497. The molecule has 6 atom stereocenters. The third-order valence-corrected chi connectivity index (χ3v) is 11.6. The van der Waals surface area contributed by atoms with Crippen molar-refractivity contribution >= 4 is 13.8 Å². The molecule has 1 aliphatic rings. The van der Waals surface area contributed by atoms with Crippen LogP contribution in [0.2, 0.25) is 0 Å². The summed E-state index contributed by atoms with van der Waals surface area (Å²) in [6.07, 6.45) is 35.7. The molecule has 0 spiro atoms. The zero-order valence-corrected chi connectivity index (χ0v) is 38.6. The number of phosphoric ester groups is 1. The molecule has 61 heavy (non-hydrogen) atoms. The number of carbonyl (C=O) groups is 1. The molecule has 0 bridgehead atoms. The molecular formula is C48H85O12P. The SMILES string of the molecule is CCCC/C=C\C/C=C\CCCCCCCC(=O)OC(COCCCCCCCCC/C=C\C/C=C\C/C=C\CCCCC)COP(=O)(O)OC1C(O)C(O)C(O)C(O)C1O. The van der Waals surface area contributed by atoms with Gasteiger partial charge in [0.15, 0.2) is 0 Å². The molecule has 13 heteroatoms. The Hall–Kier alpha value is -1.96. The second-order valence-electron chi connectivity index (χ2n) is 16.2. The lowest BCUT2D eigenvalue weighted by atomic mass is 9.85. The number of hydrogen-bond acceptors (Lipinski definition) is 11. The van der Waals surface area contributed by atoms with Gasteiger partial charge in [-0.3, -0.25) is 13.8 Å². The van der Waals surface area contributed by atoms with Crippen LogP contribution in [-0.4, -0.2) is 98.9 Å². The molecule has 6 N–H and O–H groups in total. The van der Waals surface area contributed by atoms with Crippen LogP contribution < -0.4 is 0 Å². The fourth-order valence-electron chi connectivity index (χ4n) is 6.79. The number of ether oxygens (including phenoxy) is 2. The molecule has 6 unspecified atom stereocenters. The zero-order chi connectivity index (χ0) is 44.8. The highest BCUT2D eigenvalue weighted by Crippen LogP contribution is 2.47. The van der Waals surface area contributed by atoms with Gasteiger partial charge in [0.1, 0.15) is 42.7 Å². The Morgan fingerprint density at radius 2 is 0.934 bits per heavy atom. The standard InChI is InChI=1S/C48H85O12P/c1-3-5-7-9-11-13-15-17-19-20-21-22-23-24-26-28-30-32-34-36-38-57-39-41(40-58-61(55,56)60-48-46(53)44(51)43(50)45(52)47(48)54)59-42(49)37-35-33-31-29-27-25-18-16-14-12-10-8-6-4-2/h10-13,16-19,21-22,41,43-48,50-54H,3-9,14-15,20,23-40H2,1-2H3,(H,55,56)/b12-10-,13-11-,18-16-,19-17-,22-21-. The third-order valence-electron chi connectivity index (χ3n) is 10.6. The van der Waals surface area contributed by atoms with Crippen LogP contribution in [0.15, 0.2) is 60.8 Å². The highest BCUT2D eigenvalue weighted by molar-refractivity contribution is 7.47. The molecular weight excluding hydrogens is 799 g/mol. The van der Waals surface area contributed by atoms with Crippen molar-refractivity contribution in [3.63, 3.8) is 0 Å². The minimum atomic E-state index is -5.03. The first-order valence-corrected chi connectivity index (χ1v) is 25.1. The average Bonchev–Trinajstić information content (AvgIpc) is 3.24. The second kappa shape index (κ2) is 38.5.